The molecule has 0 atom stereocenters. The maximum absolute atomic E-state index is 13.2. The fourth-order valence-corrected chi connectivity index (χ4v) is 2.73. The molecule has 7 heteroatoms. The molecule has 3 aromatic rings. The molecule has 0 radical (unpaired) electrons. The molecular weight excluding hydrogens is 317 g/mol. The summed E-state index contributed by atoms with van der Waals surface area (Å²) in [5.74, 6) is -0.341. The van der Waals surface area contributed by atoms with E-state index in [0.29, 0.717) is 26.8 Å². The van der Waals surface area contributed by atoms with Crippen LogP contribution in [0.4, 0.5) is 10.1 Å². The number of nitrogens with one attached hydrogen (secondary N) is 1. The minimum atomic E-state index is -0.341. The molecule has 0 aliphatic rings. The Morgan fingerprint density at radius 3 is 2.90 bits per heavy atom. The number of fused-ring (bicyclic) bond motifs is 1. The molecule has 1 aromatic heterocycles. The van der Waals surface area contributed by atoms with Gasteiger partial charge in [0.1, 0.15) is 21.8 Å². The van der Waals surface area contributed by atoms with Gasteiger partial charge in [-0.1, -0.05) is 36.0 Å². The number of hydrogen-bond donors (Lipinski definition) is 1. The number of hydrogen-bond acceptors (Lipinski definition) is 4. The van der Waals surface area contributed by atoms with Crippen molar-refractivity contribution in [2.24, 2.45) is 0 Å². The summed E-state index contributed by atoms with van der Waals surface area (Å²) in [7, 11) is 0. The zero-order valence-corrected chi connectivity index (χ0v) is 12.3. The van der Waals surface area contributed by atoms with Crippen LogP contribution in [-0.2, 0) is 0 Å². The minimum Gasteiger partial charge on any atom is -0.343 e. The van der Waals surface area contributed by atoms with Gasteiger partial charge in [0.25, 0.3) is 0 Å². The summed E-state index contributed by atoms with van der Waals surface area (Å²) in [6.45, 7) is 0. The molecular formula is C13H7ClFN3S2. The zero-order valence-electron chi connectivity index (χ0n) is 9.93. The average Bonchev–Trinajstić information content (AvgIpc) is 2.90. The van der Waals surface area contributed by atoms with E-state index in [1.807, 2.05) is 0 Å². The van der Waals surface area contributed by atoms with E-state index in [4.69, 9.17) is 23.8 Å². The molecule has 2 aromatic carbocycles. The summed E-state index contributed by atoms with van der Waals surface area (Å²) < 4.78 is 21.6. The highest BCUT2D eigenvalue weighted by molar-refractivity contribution is 7.81. The van der Waals surface area contributed by atoms with E-state index in [0.717, 1.165) is 17.2 Å². The van der Waals surface area contributed by atoms with Crippen molar-refractivity contribution in [2.45, 2.75) is 0 Å². The van der Waals surface area contributed by atoms with Crippen LogP contribution < -0.4 is 5.32 Å². The molecule has 20 heavy (non-hydrogen) atoms. The summed E-state index contributed by atoms with van der Waals surface area (Å²) in [4.78, 5) is 0.381. The Morgan fingerprint density at radius 1 is 1.25 bits per heavy atom. The highest BCUT2D eigenvalue weighted by Crippen LogP contribution is 2.30. The van der Waals surface area contributed by atoms with E-state index >= 15 is 0 Å². The van der Waals surface area contributed by atoms with Crippen LogP contribution in [0, 0.1) is 5.82 Å². The van der Waals surface area contributed by atoms with Crippen LogP contribution in [0.5, 0.6) is 0 Å². The molecule has 100 valence electrons. The van der Waals surface area contributed by atoms with E-state index in [2.05, 4.69) is 14.1 Å². The first-order valence-corrected chi connectivity index (χ1v) is 7.14. The van der Waals surface area contributed by atoms with Gasteiger partial charge in [-0.3, -0.25) is 0 Å². The molecule has 0 saturated carbocycles. The van der Waals surface area contributed by atoms with Gasteiger partial charge in [-0.2, -0.15) is 8.75 Å². The van der Waals surface area contributed by atoms with Crippen LogP contribution in [-0.4, -0.2) is 13.7 Å². The van der Waals surface area contributed by atoms with E-state index in [1.165, 1.54) is 12.1 Å². The van der Waals surface area contributed by atoms with Crippen molar-refractivity contribution < 1.29 is 4.39 Å². The molecule has 0 aliphatic heterocycles. The summed E-state index contributed by atoms with van der Waals surface area (Å²) in [6, 6.07) is 9.57. The van der Waals surface area contributed by atoms with Crippen LogP contribution in [0.2, 0.25) is 5.02 Å². The zero-order chi connectivity index (χ0) is 14.1. The number of aromatic nitrogens is 2. The third kappa shape index (κ3) is 2.49. The third-order valence-electron chi connectivity index (χ3n) is 2.70. The third-order valence-corrected chi connectivity index (χ3v) is 3.90. The van der Waals surface area contributed by atoms with Crippen molar-refractivity contribution in [3.8, 4) is 0 Å². The molecule has 0 spiro atoms. The van der Waals surface area contributed by atoms with E-state index in [-0.39, 0.29) is 5.82 Å². The normalized spacial score (nSPS) is 10.7. The first-order chi connectivity index (χ1) is 9.65. The Bertz CT molecular complexity index is 803. The van der Waals surface area contributed by atoms with Crippen molar-refractivity contribution in [3.63, 3.8) is 0 Å². The average molecular weight is 324 g/mol. The number of halogens is 2. The first-order valence-electron chi connectivity index (χ1n) is 5.63. The highest BCUT2D eigenvalue weighted by Gasteiger charge is 2.12. The molecule has 0 saturated heterocycles. The van der Waals surface area contributed by atoms with Crippen molar-refractivity contribution in [3.05, 3.63) is 52.8 Å². The van der Waals surface area contributed by atoms with Crippen LogP contribution in [0.3, 0.4) is 0 Å². The Kier molecular flexibility index (Phi) is 3.60. The lowest BCUT2D eigenvalue weighted by molar-refractivity contribution is 0.627. The van der Waals surface area contributed by atoms with Gasteiger partial charge in [0.15, 0.2) is 0 Å². The summed E-state index contributed by atoms with van der Waals surface area (Å²) in [5.41, 5.74) is 2.56. The quantitative estimate of drug-likeness (QED) is 0.715. The summed E-state index contributed by atoms with van der Waals surface area (Å²) >= 11 is 12.5. The van der Waals surface area contributed by atoms with E-state index in [9.17, 15) is 4.39 Å². The van der Waals surface area contributed by atoms with Crippen LogP contribution >= 0.6 is 35.5 Å². The standard InChI is InChI=1S/C13H7ClFN3S2/c14-9-4-5-10-12(18-20-17-10)11(9)16-13(19)7-2-1-3-8(15)6-7/h1-6H,(H,16,19). The van der Waals surface area contributed by atoms with Crippen LogP contribution in [0.15, 0.2) is 36.4 Å². The molecule has 0 unspecified atom stereocenters. The second-order valence-electron chi connectivity index (χ2n) is 4.02. The fraction of sp³-hybridized carbons (Fsp3) is 0. The van der Waals surface area contributed by atoms with Gasteiger partial charge in [-0.05, 0) is 24.3 Å². The Labute approximate surface area is 128 Å². The van der Waals surface area contributed by atoms with E-state index in [1.54, 1.807) is 24.3 Å². The van der Waals surface area contributed by atoms with Gasteiger partial charge in [0.2, 0.25) is 0 Å². The van der Waals surface area contributed by atoms with Crippen molar-refractivity contribution in [2.75, 3.05) is 5.32 Å². The van der Waals surface area contributed by atoms with Crippen molar-refractivity contribution in [1.82, 2.24) is 8.75 Å². The topological polar surface area (TPSA) is 37.8 Å². The number of nitrogens with zero attached hydrogens (tertiary/aromatic N) is 2. The van der Waals surface area contributed by atoms with Crippen LogP contribution in [0.1, 0.15) is 5.56 Å². The number of benzene rings is 2. The van der Waals surface area contributed by atoms with Gasteiger partial charge in [-0.25, -0.2) is 4.39 Å². The predicted octanol–water partition coefficient (Wildman–Crippen LogP) is 4.27. The lowest BCUT2D eigenvalue weighted by atomic mass is 10.2. The first kappa shape index (κ1) is 13.4. The van der Waals surface area contributed by atoms with Gasteiger partial charge in [-0.15, -0.1) is 0 Å². The van der Waals surface area contributed by atoms with Gasteiger partial charge in [0.05, 0.1) is 22.4 Å². The lowest BCUT2D eigenvalue weighted by Gasteiger charge is -2.10. The lowest BCUT2D eigenvalue weighted by Crippen LogP contribution is -2.11. The number of anilines is 1. The Balaban J connectivity index is 1.99. The van der Waals surface area contributed by atoms with Gasteiger partial charge < -0.3 is 5.32 Å². The van der Waals surface area contributed by atoms with Gasteiger partial charge in [0, 0.05) is 5.56 Å². The maximum Gasteiger partial charge on any atom is 0.129 e. The molecule has 3 rings (SSSR count). The number of thiocarbonyl (C=S) groups is 1. The summed E-state index contributed by atoms with van der Waals surface area (Å²) in [5, 5.41) is 3.51. The molecule has 0 amide bonds. The fourth-order valence-electron chi connectivity index (χ4n) is 1.76. The van der Waals surface area contributed by atoms with Crippen molar-refractivity contribution in [1.29, 1.82) is 0 Å². The molecule has 1 N–H and O–H groups in total. The van der Waals surface area contributed by atoms with E-state index < -0.39 is 0 Å². The molecule has 0 bridgehead atoms. The smallest absolute Gasteiger partial charge is 0.129 e. The summed E-state index contributed by atoms with van der Waals surface area (Å²) in [6.07, 6.45) is 0. The maximum atomic E-state index is 13.2. The monoisotopic (exact) mass is 323 g/mol. The van der Waals surface area contributed by atoms with Crippen molar-refractivity contribution >= 4 is 57.3 Å². The number of rotatable bonds is 2. The molecule has 0 aliphatic carbocycles. The van der Waals surface area contributed by atoms with Crippen LogP contribution in [0.25, 0.3) is 11.0 Å². The van der Waals surface area contributed by atoms with Gasteiger partial charge >= 0.3 is 0 Å². The largest absolute Gasteiger partial charge is 0.343 e. The Hall–Kier alpha value is -1.63. The SMILES string of the molecule is Fc1cccc(C(=S)Nc2c(Cl)ccc3nsnc23)c1. The predicted molar refractivity (Wildman–Crippen MR) is 84.1 cm³/mol. The molecule has 0 fully saturated rings. The molecule has 1 heterocycles. The second-order valence-corrected chi connectivity index (χ2v) is 5.36. The molecule has 3 nitrogen and oxygen atoms in total. The second kappa shape index (κ2) is 5.40. The highest BCUT2D eigenvalue weighted by atomic mass is 35.5. The Morgan fingerprint density at radius 2 is 2.10 bits per heavy atom. The minimum absolute atomic E-state index is 0.341.